The fourth-order valence-electron chi connectivity index (χ4n) is 3.03. The van der Waals surface area contributed by atoms with Crippen molar-refractivity contribution in [3.05, 3.63) is 77.3 Å². The van der Waals surface area contributed by atoms with E-state index in [1.54, 1.807) is 0 Å². The van der Waals surface area contributed by atoms with Gasteiger partial charge in [-0.1, -0.05) is 60.1 Å². The van der Waals surface area contributed by atoms with Crippen molar-refractivity contribution in [3.63, 3.8) is 0 Å². The Balaban J connectivity index is 1.94. The van der Waals surface area contributed by atoms with Crippen LogP contribution < -0.4 is 0 Å². The summed E-state index contributed by atoms with van der Waals surface area (Å²) >= 11 is 6.11. The fourth-order valence-corrected chi connectivity index (χ4v) is 3.19. The molecule has 0 fully saturated rings. The van der Waals surface area contributed by atoms with Gasteiger partial charge in [-0.25, -0.2) is 4.79 Å². The minimum absolute atomic E-state index is 0.0126. The molecule has 0 aromatic heterocycles. The monoisotopic (exact) mass is 376 g/mol. The molecule has 0 aliphatic heterocycles. The third-order valence-electron chi connectivity index (χ3n) is 4.33. The van der Waals surface area contributed by atoms with E-state index in [0.717, 1.165) is 16.2 Å². The van der Waals surface area contributed by atoms with Crippen LogP contribution in [0.1, 0.15) is 10.4 Å². The van der Waals surface area contributed by atoms with Crippen LogP contribution >= 0.6 is 11.6 Å². The molecule has 132 valence electrons. The van der Waals surface area contributed by atoms with Crippen molar-refractivity contribution in [3.8, 4) is 5.75 Å². The smallest absolute Gasteiger partial charge is 0.335 e. The molecule has 0 saturated carbocycles. The van der Waals surface area contributed by atoms with Crippen LogP contribution in [0.2, 0.25) is 5.02 Å². The maximum absolute atomic E-state index is 11.2. The Morgan fingerprint density at radius 3 is 2.07 bits per heavy atom. The van der Waals surface area contributed by atoms with E-state index in [9.17, 15) is 9.90 Å². The number of carboxylic acids is 1. The summed E-state index contributed by atoms with van der Waals surface area (Å²) in [6.45, 7) is 0. The molecule has 4 aromatic carbocycles. The number of aromatic hydroxyl groups is 1. The fraction of sp³-hybridized carbons (Fsp3) is 0. The molecule has 4 rings (SSSR count). The lowest BCUT2D eigenvalue weighted by Crippen LogP contribution is -1.94. The topological polar surface area (TPSA) is 82.2 Å². The number of carbonyl (C=O) groups is 1. The molecule has 0 radical (unpaired) electrons. The average molecular weight is 377 g/mol. The number of aromatic carboxylic acids is 1. The largest absolute Gasteiger partial charge is 0.505 e. The van der Waals surface area contributed by atoms with Crippen LogP contribution in [0, 0.1) is 0 Å². The Morgan fingerprint density at radius 2 is 1.41 bits per heavy atom. The number of hydrogen-bond acceptors (Lipinski definition) is 4. The van der Waals surface area contributed by atoms with Gasteiger partial charge in [-0.3, -0.25) is 0 Å². The minimum Gasteiger partial charge on any atom is -0.505 e. The van der Waals surface area contributed by atoms with Gasteiger partial charge in [-0.2, -0.15) is 0 Å². The van der Waals surface area contributed by atoms with Gasteiger partial charge in [0.15, 0.2) is 5.75 Å². The van der Waals surface area contributed by atoms with Gasteiger partial charge in [0, 0.05) is 10.8 Å². The van der Waals surface area contributed by atoms with E-state index >= 15 is 0 Å². The highest BCUT2D eigenvalue weighted by molar-refractivity contribution is 6.33. The second-order valence-corrected chi connectivity index (χ2v) is 6.37. The van der Waals surface area contributed by atoms with Crippen LogP contribution in [0.15, 0.2) is 77.0 Å². The van der Waals surface area contributed by atoms with Crippen molar-refractivity contribution in [1.82, 2.24) is 0 Å². The molecule has 0 spiro atoms. The first-order chi connectivity index (χ1) is 13.1. The maximum Gasteiger partial charge on any atom is 0.335 e. The Bertz CT molecular complexity index is 1230. The molecule has 6 heteroatoms. The molecule has 0 aliphatic carbocycles. The van der Waals surface area contributed by atoms with Crippen molar-refractivity contribution in [1.29, 1.82) is 0 Å². The lowest BCUT2D eigenvalue weighted by atomic mass is 9.99. The van der Waals surface area contributed by atoms with Crippen molar-refractivity contribution in [2.45, 2.75) is 0 Å². The molecule has 0 aliphatic rings. The summed E-state index contributed by atoms with van der Waals surface area (Å²) in [5, 5.41) is 31.7. The van der Waals surface area contributed by atoms with Crippen LogP contribution in [-0.4, -0.2) is 16.2 Å². The third-order valence-corrected chi connectivity index (χ3v) is 4.65. The second kappa shape index (κ2) is 6.70. The van der Waals surface area contributed by atoms with E-state index in [2.05, 4.69) is 10.2 Å². The summed E-state index contributed by atoms with van der Waals surface area (Å²) in [5.41, 5.74) is 0.579. The average Bonchev–Trinajstić information content (AvgIpc) is 2.69. The van der Waals surface area contributed by atoms with Gasteiger partial charge < -0.3 is 10.2 Å². The van der Waals surface area contributed by atoms with Crippen molar-refractivity contribution in [2.24, 2.45) is 10.2 Å². The number of phenols is 1. The SMILES string of the molecule is O=C(O)c1ccc(Cl)c(N=Nc2c(O)c3ccccc3c3ccccc23)c1. The Hall–Kier alpha value is -3.44. The summed E-state index contributed by atoms with van der Waals surface area (Å²) in [7, 11) is 0. The quantitative estimate of drug-likeness (QED) is 0.317. The third kappa shape index (κ3) is 2.98. The van der Waals surface area contributed by atoms with Crippen LogP contribution in [0.4, 0.5) is 11.4 Å². The number of azo groups is 1. The predicted octanol–water partition coefficient (Wildman–Crippen LogP) is 6.47. The molecule has 0 saturated heterocycles. The standard InChI is InChI=1S/C21H13ClN2O3/c22-17-10-9-12(21(26)27)11-18(17)23-24-19-15-7-3-1-5-13(15)14-6-2-4-8-16(14)20(19)25/h1-11,25H,(H,26,27). The molecular weight excluding hydrogens is 364 g/mol. The number of hydrogen-bond donors (Lipinski definition) is 2. The van der Waals surface area contributed by atoms with Crippen LogP contribution in [0.3, 0.4) is 0 Å². The molecule has 0 amide bonds. The highest BCUT2D eigenvalue weighted by Gasteiger charge is 2.13. The number of rotatable bonds is 3. The summed E-state index contributed by atoms with van der Waals surface area (Å²) < 4.78 is 0. The maximum atomic E-state index is 11.2. The molecular formula is C21H13ClN2O3. The zero-order valence-electron chi connectivity index (χ0n) is 13.9. The van der Waals surface area contributed by atoms with Gasteiger partial charge in [-0.15, -0.1) is 10.2 Å². The lowest BCUT2D eigenvalue weighted by Gasteiger charge is -2.09. The van der Waals surface area contributed by atoms with Gasteiger partial charge in [0.2, 0.25) is 0 Å². The van der Waals surface area contributed by atoms with Crippen molar-refractivity contribution < 1.29 is 15.0 Å². The first-order valence-electron chi connectivity index (χ1n) is 8.13. The highest BCUT2D eigenvalue weighted by atomic mass is 35.5. The summed E-state index contributed by atoms with van der Waals surface area (Å²) in [5.74, 6) is -1.07. The molecule has 0 bridgehead atoms. The predicted molar refractivity (Wildman–Crippen MR) is 106 cm³/mol. The zero-order valence-corrected chi connectivity index (χ0v) is 14.7. The summed E-state index contributed by atoms with van der Waals surface area (Å²) in [4.78, 5) is 11.2. The normalized spacial score (nSPS) is 11.4. The first-order valence-corrected chi connectivity index (χ1v) is 8.51. The van der Waals surface area contributed by atoms with Gasteiger partial charge in [0.1, 0.15) is 11.4 Å². The van der Waals surface area contributed by atoms with Crippen molar-refractivity contribution >= 4 is 50.5 Å². The summed E-state index contributed by atoms with van der Waals surface area (Å²) in [6, 6.07) is 19.3. The van der Waals surface area contributed by atoms with Crippen LogP contribution in [-0.2, 0) is 0 Å². The van der Waals surface area contributed by atoms with Gasteiger partial charge in [0.25, 0.3) is 0 Å². The second-order valence-electron chi connectivity index (χ2n) is 5.96. The van der Waals surface area contributed by atoms with E-state index in [4.69, 9.17) is 16.7 Å². The molecule has 27 heavy (non-hydrogen) atoms. The van der Waals surface area contributed by atoms with Gasteiger partial charge in [0.05, 0.1) is 10.6 Å². The summed E-state index contributed by atoms with van der Waals surface area (Å²) in [6.07, 6.45) is 0. The Labute approximate surface area is 159 Å². The van der Waals surface area contributed by atoms with Gasteiger partial charge in [-0.05, 0) is 29.0 Å². The molecule has 0 heterocycles. The lowest BCUT2D eigenvalue weighted by molar-refractivity contribution is 0.0697. The molecule has 0 atom stereocenters. The molecule has 2 N–H and O–H groups in total. The number of halogens is 1. The highest BCUT2D eigenvalue weighted by Crippen LogP contribution is 2.43. The number of carboxylic acid groups (broad SMARTS) is 1. The Kier molecular flexibility index (Phi) is 4.22. The van der Waals surface area contributed by atoms with E-state index in [1.165, 1.54) is 18.2 Å². The van der Waals surface area contributed by atoms with Crippen LogP contribution in [0.5, 0.6) is 5.75 Å². The molecule has 5 nitrogen and oxygen atoms in total. The van der Waals surface area contributed by atoms with Crippen LogP contribution in [0.25, 0.3) is 21.5 Å². The van der Waals surface area contributed by atoms with E-state index < -0.39 is 5.97 Å². The van der Waals surface area contributed by atoms with Gasteiger partial charge >= 0.3 is 5.97 Å². The first kappa shape index (κ1) is 17.0. The van der Waals surface area contributed by atoms with Crippen molar-refractivity contribution in [2.75, 3.05) is 0 Å². The minimum atomic E-state index is -1.08. The Morgan fingerprint density at radius 1 is 0.815 bits per heavy atom. The molecule has 0 unspecified atom stereocenters. The zero-order chi connectivity index (χ0) is 19.0. The number of benzene rings is 4. The number of fused-ring (bicyclic) bond motifs is 3. The molecule has 4 aromatic rings. The number of phenolic OH excluding ortho intramolecular Hbond substituents is 1. The van der Waals surface area contributed by atoms with E-state index in [1.807, 2.05) is 48.5 Å². The van der Waals surface area contributed by atoms with E-state index in [-0.39, 0.29) is 22.0 Å². The van der Waals surface area contributed by atoms with E-state index in [0.29, 0.717) is 11.1 Å². The number of nitrogens with zero attached hydrogens (tertiary/aromatic N) is 2.